The van der Waals surface area contributed by atoms with Crippen LogP contribution < -0.4 is 0 Å². The van der Waals surface area contributed by atoms with E-state index in [9.17, 15) is 5.11 Å². The number of hydrogen-bond acceptors (Lipinski definition) is 2. The summed E-state index contributed by atoms with van der Waals surface area (Å²) in [5.74, 6) is 0.489. The van der Waals surface area contributed by atoms with Gasteiger partial charge in [-0.2, -0.15) is 0 Å². The lowest BCUT2D eigenvalue weighted by Gasteiger charge is -2.08. The molecule has 0 aromatic carbocycles. The second kappa shape index (κ2) is 6.21. The maximum Gasteiger partial charge on any atom is 0.0724 e. The molecule has 0 fully saturated rings. The van der Waals surface area contributed by atoms with Gasteiger partial charge >= 0.3 is 0 Å². The Labute approximate surface area is 74.9 Å². The molecule has 72 valence electrons. The van der Waals surface area contributed by atoms with Gasteiger partial charge in [0.15, 0.2) is 0 Å². The first-order valence-corrected chi connectivity index (χ1v) is 4.60. The Bertz CT molecular complexity index is 130. The summed E-state index contributed by atoms with van der Waals surface area (Å²) in [6.45, 7) is 6.03. The molecule has 0 aliphatic heterocycles. The maximum absolute atomic E-state index is 9.37. The molecule has 2 N–H and O–H groups in total. The minimum absolute atomic E-state index is 0.410. The van der Waals surface area contributed by atoms with Gasteiger partial charge in [-0.15, -0.1) is 0 Å². The molecule has 0 rings (SSSR count). The molecule has 0 aromatic heterocycles. The van der Waals surface area contributed by atoms with Gasteiger partial charge in [0, 0.05) is 0 Å². The highest BCUT2D eigenvalue weighted by molar-refractivity contribution is 4.93. The lowest BCUT2D eigenvalue weighted by atomic mass is 10.1. The molecule has 0 saturated heterocycles. The first-order valence-electron chi connectivity index (χ1n) is 4.60. The fourth-order valence-electron chi connectivity index (χ4n) is 0.954. The van der Waals surface area contributed by atoms with E-state index in [1.54, 1.807) is 12.2 Å². The Balaban J connectivity index is 3.67. The molecular weight excluding hydrogens is 152 g/mol. The first-order chi connectivity index (χ1) is 5.56. The highest BCUT2D eigenvalue weighted by Gasteiger charge is 2.02. The number of hydrogen-bond donors (Lipinski definition) is 2. The second-order valence-corrected chi connectivity index (χ2v) is 3.56. The molecular formula is C10H20O2. The van der Waals surface area contributed by atoms with Crippen LogP contribution in [0.15, 0.2) is 12.2 Å². The van der Waals surface area contributed by atoms with Crippen LogP contribution in [-0.4, -0.2) is 22.4 Å². The van der Waals surface area contributed by atoms with Gasteiger partial charge in [-0.3, -0.25) is 0 Å². The van der Waals surface area contributed by atoms with Gasteiger partial charge in [-0.05, 0) is 18.8 Å². The molecule has 0 amide bonds. The Morgan fingerprint density at radius 1 is 1.08 bits per heavy atom. The third-order valence-electron chi connectivity index (χ3n) is 1.69. The molecule has 0 radical (unpaired) electrons. The van der Waals surface area contributed by atoms with Crippen molar-refractivity contribution < 1.29 is 10.2 Å². The van der Waals surface area contributed by atoms with E-state index in [2.05, 4.69) is 13.8 Å². The maximum atomic E-state index is 9.37. The summed E-state index contributed by atoms with van der Waals surface area (Å²) in [4.78, 5) is 0. The topological polar surface area (TPSA) is 40.5 Å². The highest BCUT2D eigenvalue weighted by Crippen LogP contribution is 2.06. The summed E-state index contributed by atoms with van der Waals surface area (Å²) < 4.78 is 0. The van der Waals surface area contributed by atoms with E-state index in [1.807, 2.05) is 6.92 Å². The lowest BCUT2D eigenvalue weighted by molar-refractivity contribution is 0.187. The summed E-state index contributed by atoms with van der Waals surface area (Å²) >= 11 is 0. The largest absolute Gasteiger partial charge is 0.389 e. The van der Waals surface area contributed by atoms with Crippen LogP contribution in [0.4, 0.5) is 0 Å². The predicted octanol–water partition coefficient (Wildman–Crippen LogP) is 1.72. The fraction of sp³-hybridized carbons (Fsp3) is 0.800. The van der Waals surface area contributed by atoms with Gasteiger partial charge in [-0.25, -0.2) is 0 Å². The summed E-state index contributed by atoms with van der Waals surface area (Å²) in [6.07, 6.45) is 3.97. The van der Waals surface area contributed by atoms with E-state index in [4.69, 9.17) is 5.11 Å². The van der Waals surface area contributed by atoms with Gasteiger partial charge in [0.05, 0.1) is 12.2 Å². The van der Waals surface area contributed by atoms with Gasteiger partial charge < -0.3 is 10.2 Å². The van der Waals surface area contributed by atoms with E-state index >= 15 is 0 Å². The zero-order valence-corrected chi connectivity index (χ0v) is 8.20. The van der Waals surface area contributed by atoms with Crippen LogP contribution in [0.3, 0.4) is 0 Å². The molecule has 2 unspecified atom stereocenters. The number of rotatable bonds is 5. The third kappa shape index (κ3) is 6.38. The van der Waals surface area contributed by atoms with Gasteiger partial charge in [0.1, 0.15) is 0 Å². The average Bonchev–Trinajstić information content (AvgIpc) is 1.99. The average molecular weight is 172 g/mol. The molecule has 0 aliphatic carbocycles. The van der Waals surface area contributed by atoms with Gasteiger partial charge in [0.25, 0.3) is 0 Å². The van der Waals surface area contributed by atoms with E-state index in [0.29, 0.717) is 12.3 Å². The summed E-state index contributed by atoms with van der Waals surface area (Å²) in [5.41, 5.74) is 0. The Hall–Kier alpha value is -0.340. The standard InChI is InChI=1S/C10H20O2/c1-4-9(11)5-6-10(12)7-8(2)3/h5-6,8-12H,4,7H2,1-3H3. The molecule has 0 heterocycles. The van der Waals surface area contributed by atoms with E-state index in [-0.39, 0.29) is 0 Å². The van der Waals surface area contributed by atoms with Crippen molar-refractivity contribution in [2.24, 2.45) is 5.92 Å². The van der Waals surface area contributed by atoms with Crippen molar-refractivity contribution >= 4 is 0 Å². The molecule has 0 bridgehead atoms. The summed E-state index contributed by atoms with van der Waals surface area (Å²) in [6, 6.07) is 0. The quantitative estimate of drug-likeness (QED) is 0.620. The van der Waals surface area contributed by atoms with Crippen molar-refractivity contribution in [3.63, 3.8) is 0 Å². The van der Waals surface area contributed by atoms with Gasteiger partial charge in [-0.1, -0.05) is 32.9 Å². The lowest BCUT2D eigenvalue weighted by Crippen LogP contribution is -2.08. The zero-order chi connectivity index (χ0) is 9.56. The fourth-order valence-corrected chi connectivity index (χ4v) is 0.954. The van der Waals surface area contributed by atoms with Gasteiger partial charge in [0.2, 0.25) is 0 Å². The van der Waals surface area contributed by atoms with Crippen molar-refractivity contribution in [1.82, 2.24) is 0 Å². The van der Waals surface area contributed by atoms with E-state index < -0.39 is 12.2 Å². The van der Waals surface area contributed by atoms with Crippen molar-refractivity contribution in [1.29, 1.82) is 0 Å². The van der Waals surface area contributed by atoms with Crippen LogP contribution in [-0.2, 0) is 0 Å². The van der Waals surface area contributed by atoms with Crippen molar-refractivity contribution in [2.75, 3.05) is 0 Å². The van der Waals surface area contributed by atoms with Crippen molar-refractivity contribution in [3.8, 4) is 0 Å². The molecule has 12 heavy (non-hydrogen) atoms. The highest BCUT2D eigenvalue weighted by atomic mass is 16.3. The Morgan fingerprint density at radius 2 is 1.58 bits per heavy atom. The zero-order valence-electron chi connectivity index (χ0n) is 8.20. The minimum Gasteiger partial charge on any atom is -0.389 e. The molecule has 0 aromatic rings. The molecule has 0 spiro atoms. The Morgan fingerprint density at radius 3 is 2.00 bits per heavy atom. The van der Waals surface area contributed by atoms with Crippen molar-refractivity contribution in [2.45, 2.75) is 45.8 Å². The van der Waals surface area contributed by atoms with Crippen LogP contribution in [0.25, 0.3) is 0 Å². The summed E-state index contributed by atoms with van der Waals surface area (Å²) in [7, 11) is 0. The van der Waals surface area contributed by atoms with E-state index in [0.717, 1.165) is 6.42 Å². The molecule has 2 nitrogen and oxygen atoms in total. The first kappa shape index (κ1) is 11.7. The van der Waals surface area contributed by atoms with Crippen molar-refractivity contribution in [3.05, 3.63) is 12.2 Å². The smallest absolute Gasteiger partial charge is 0.0724 e. The normalized spacial score (nSPS) is 17.2. The second-order valence-electron chi connectivity index (χ2n) is 3.56. The number of aliphatic hydroxyl groups excluding tert-OH is 2. The van der Waals surface area contributed by atoms with E-state index in [1.165, 1.54) is 0 Å². The van der Waals surface area contributed by atoms with Crippen LogP contribution in [0.5, 0.6) is 0 Å². The molecule has 2 heteroatoms. The molecule has 2 atom stereocenters. The SMILES string of the molecule is CCC(O)C=CC(O)CC(C)C. The van der Waals surface area contributed by atoms with Crippen LogP contribution in [0.2, 0.25) is 0 Å². The van der Waals surface area contributed by atoms with Crippen LogP contribution in [0, 0.1) is 5.92 Å². The van der Waals surface area contributed by atoms with Crippen LogP contribution >= 0.6 is 0 Å². The monoisotopic (exact) mass is 172 g/mol. The Kier molecular flexibility index (Phi) is 6.03. The minimum atomic E-state index is -0.411. The summed E-state index contributed by atoms with van der Waals surface area (Å²) in [5, 5.41) is 18.5. The predicted molar refractivity (Wildman–Crippen MR) is 50.9 cm³/mol. The molecule has 0 aliphatic rings. The number of aliphatic hydroxyl groups is 2. The molecule has 0 saturated carbocycles. The van der Waals surface area contributed by atoms with Crippen LogP contribution in [0.1, 0.15) is 33.6 Å². The third-order valence-corrected chi connectivity index (χ3v) is 1.69.